The molecule has 0 radical (unpaired) electrons. The van der Waals surface area contributed by atoms with E-state index in [4.69, 9.17) is 10.5 Å². The first-order chi connectivity index (χ1) is 15.1. The molecular weight excluding hydrogens is 414 g/mol. The van der Waals surface area contributed by atoms with Gasteiger partial charge in [0.2, 0.25) is 17.1 Å². The Balaban J connectivity index is 0.00000132. The minimum absolute atomic E-state index is 0.114. The van der Waals surface area contributed by atoms with E-state index in [0.29, 0.717) is 36.6 Å². The number of rotatable bonds is 5. The predicted octanol–water partition coefficient (Wildman–Crippen LogP) is 2.68. The molecule has 2 aliphatic heterocycles. The van der Waals surface area contributed by atoms with Gasteiger partial charge in [-0.25, -0.2) is 4.21 Å². The van der Waals surface area contributed by atoms with Crippen molar-refractivity contribution in [1.29, 1.82) is 0 Å². The van der Waals surface area contributed by atoms with Gasteiger partial charge in [-0.05, 0) is 36.6 Å². The summed E-state index contributed by atoms with van der Waals surface area (Å²) >= 11 is -1.57. The van der Waals surface area contributed by atoms with Gasteiger partial charge in [0.1, 0.15) is 11.6 Å². The first-order valence-corrected chi connectivity index (χ1v) is 11.7. The molecule has 31 heavy (non-hydrogen) atoms. The molecule has 1 fully saturated rings. The number of benzene rings is 1. The zero-order valence-corrected chi connectivity index (χ0v) is 18.7. The number of fused-ring (bicyclic) bond motifs is 1. The van der Waals surface area contributed by atoms with E-state index in [0.717, 1.165) is 24.9 Å². The van der Waals surface area contributed by atoms with E-state index in [1.165, 1.54) is 0 Å². The molecule has 2 unspecified atom stereocenters. The molecule has 9 heteroatoms. The van der Waals surface area contributed by atoms with E-state index in [1.807, 2.05) is 43.0 Å². The number of aromatic nitrogens is 1. The highest BCUT2D eigenvalue weighted by atomic mass is 32.2. The zero-order chi connectivity index (χ0) is 22.2. The number of pyridine rings is 1. The summed E-state index contributed by atoms with van der Waals surface area (Å²) < 4.78 is 24.3. The second kappa shape index (κ2) is 10.9. The fraction of sp³-hybridized carbons (Fsp3) is 0.409. The van der Waals surface area contributed by atoms with Crippen molar-refractivity contribution in [3.63, 3.8) is 0 Å². The summed E-state index contributed by atoms with van der Waals surface area (Å²) in [6, 6.07) is 9.20. The van der Waals surface area contributed by atoms with Crippen LogP contribution < -0.4 is 15.2 Å². The van der Waals surface area contributed by atoms with Crippen molar-refractivity contribution >= 4 is 28.6 Å². The normalized spacial score (nSPS) is 19.8. The molecule has 0 spiro atoms. The molecule has 166 valence electrons. The van der Waals surface area contributed by atoms with Crippen LogP contribution in [0.25, 0.3) is 0 Å². The number of amides is 1. The second-order valence-corrected chi connectivity index (χ2v) is 8.09. The van der Waals surface area contributed by atoms with Gasteiger partial charge in [0, 0.05) is 31.4 Å². The topological polar surface area (TPSA) is 110 Å². The monoisotopic (exact) mass is 443 g/mol. The predicted molar refractivity (Wildman–Crippen MR) is 123 cm³/mol. The molecule has 4 rings (SSSR count). The van der Waals surface area contributed by atoms with E-state index in [-0.39, 0.29) is 17.7 Å². The van der Waals surface area contributed by atoms with Crippen LogP contribution in [0.3, 0.4) is 0 Å². The molecule has 8 nitrogen and oxygen atoms in total. The fourth-order valence-electron chi connectivity index (χ4n) is 3.68. The van der Waals surface area contributed by atoms with Gasteiger partial charge in [0.25, 0.3) is 0 Å². The molecule has 0 aliphatic carbocycles. The largest absolute Gasteiger partial charge is 0.492 e. The fourth-order valence-corrected chi connectivity index (χ4v) is 4.35. The van der Waals surface area contributed by atoms with Gasteiger partial charge in [0.15, 0.2) is 0 Å². The highest BCUT2D eigenvalue weighted by Gasteiger charge is 2.25. The molecule has 1 amide bonds. The zero-order valence-electron chi connectivity index (χ0n) is 17.9. The number of anilines is 1. The van der Waals surface area contributed by atoms with Gasteiger partial charge >= 0.3 is 0 Å². The molecule has 1 aromatic heterocycles. The van der Waals surface area contributed by atoms with Crippen LogP contribution >= 0.6 is 0 Å². The first-order valence-electron chi connectivity index (χ1n) is 10.6. The van der Waals surface area contributed by atoms with Crippen LogP contribution in [0.5, 0.6) is 5.75 Å². The third-order valence-electron chi connectivity index (χ3n) is 5.09. The molecular formula is C22H29N5O3S. The smallest absolute Gasteiger partial charge is 0.245 e. The van der Waals surface area contributed by atoms with Crippen LogP contribution in [-0.4, -0.2) is 45.5 Å². The lowest BCUT2D eigenvalue weighted by Crippen LogP contribution is -2.42. The van der Waals surface area contributed by atoms with Crippen LogP contribution in [-0.2, 0) is 22.4 Å². The number of nitrogens with zero attached hydrogens (tertiary/aromatic N) is 3. The molecule has 2 atom stereocenters. The van der Waals surface area contributed by atoms with Crippen molar-refractivity contribution < 1.29 is 13.7 Å². The van der Waals surface area contributed by atoms with Crippen molar-refractivity contribution in [2.45, 2.75) is 33.1 Å². The number of hydrogen-bond donors (Lipinski definition) is 2. The van der Waals surface area contributed by atoms with Crippen LogP contribution in [0, 0.1) is 5.92 Å². The second-order valence-electron chi connectivity index (χ2n) is 7.20. The molecule has 1 saturated heterocycles. The minimum atomic E-state index is -1.57. The first kappa shape index (κ1) is 22.7. The summed E-state index contributed by atoms with van der Waals surface area (Å²) in [6.45, 7) is 5.91. The number of piperidine rings is 1. The van der Waals surface area contributed by atoms with Crippen molar-refractivity contribution in [3.8, 4) is 5.75 Å². The van der Waals surface area contributed by atoms with Crippen LogP contribution in [0.2, 0.25) is 0 Å². The van der Waals surface area contributed by atoms with E-state index >= 15 is 0 Å². The standard InChI is InChI=1S/C20H23N5O3S.C2H6/c21-20-19-16(23-29(27)24-20)6-1-7-17(19)28-13-15-5-3-9-25(12-15)18(26)10-14-4-2-8-22-11-14;1-2/h1-2,4,6-8,11,15,23H,3,5,9-10,12-13H2,(H2,21,24);1-2H3. The summed E-state index contributed by atoms with van der Waals surface area (Å²) in [6.07, 6.45) is 5.74. The van der Waals surface area contributed by atoms with E-state index in [1.54, 1.807) is 18.5 Å². The number of likely N-dealkylation sites (tertiary alicyclic amines) is 1. The van der Waals surface area contributed by atoms with Crippen LogP contribution in [0.15, 0.2) is 47.1 Å². The molecule has 2 aromatic rings. The molecule has 0 bridgehead atoms. The Labute approximate surface area is 185 Å². The number of ether oxygens (including phenoxy) is 1. The molecule has 2 aliphatic rings. The van der Waals surface area contributed by atoms with Gasteiger partial charge in [-0.2, -0.15) is 4.40 Å². The highest BCUT2D eigenvalue weighted by Crippen LogP contribution is 2.30. The van der Waals surface area contributed by atoms with Crippen molar-refractivity contribution in [2.24, 2.45) is 16.0 Å². The summed E-state index contributed by atoms with van der Waals surface area (Å²) in [7, 11) is 0. The molecule has 3 heterocycles. The van der Waals surface area contributed by atoms with Crippen molar-refractivity contribution in [2.75, 3.05) is 24.4 Å². The molecule has 1 aromatic carbocycles. The van der Waals surface area contributed by atoms with Gasteiger partial charge in [-0.3, -0.25) is 14.5 Å². The maximum absolute atomic E-state index is 12.6. The quantitative estimate of drug-likeness (QED) is 0.738. The third-order valence-corrected chi connectivity index (χ3v) is 5.84. The van der Waals surface area contributed by atoms with Crippen molar-refractivity contribution in [3.05, 3.63) is 53.9 Å². The van der Waals surface area contributed by atoms with E-state index < -0.39 is 11.2 Å². The Kier molecular flexibility index (Phi) is 8.00. The number of carbonyl (C=O) groups is 1. The number of nitrogens with one attached hydrogen (secondary N) is 1. The van der Waals surface area contributed by atoms with Crippen LogP contribution in [0.1, 0.15) is 37.8 Å². The van der Waals surface area contributed by atoms with E-state index in [2.05, 4.69) is 14.1 Å². The Morgan fingerprint density at radius 2 is 2.16 bits per heavy atom. The lowest BCUT2D eigenvalue weighted by atomic mass is 9.98. The van der Waals surface area contributed by atoms with Crippen molar-refractivity contribution in [1.82, 2.24) is 9.88 Å². The highest BCUT2D eigenvalue weighted by molar-refractivity contribution is 7.85. The average molecular weight is 444 g/mol. The Bertz CT molecular complexity index is 951. The SMILES string of the molecule is CC.NC1=NS(=O)Nc2cccc(OCC3CCCN(C(=O)Cc4cccnc4)C3)c21. The average Bonchev–Trinajstić information content (AvgIpc) is 2.79. The lowest BCUT2D eigenvalue weighted by Gasteiger charge is -2.33. The van der Waals surface area contributed by atoms with Gasteiger partial charge in [0.05, 0.1) is 24.3 Å². The molecule has 0 saturated carbocycles. The summed E-state index contributed by atoms with van der Waals surface area (Å²) in [5.74, 6) is 1.15. The minimum Gasteiger partial charge on any atom is -0.492 e. The lowest BCUT2D eigenvalue weighted by molar-refractivity contribution is -0.132. The number of amidine groups is 1. The van der Waals surface area contributed by atoms with Crippen LogP contribution in [0.4, 0.5) is 5.69 Å². The maximum atomic E-state index is 12.6. The molecule has 3 N–H and O–H groups in total. The van der Waals surface area contributed by atoms with E-state index in [9.17, 15) is 9.00 Å². The number of nitrogens with two attached hydrogens (primary N) is 1. The Morgan fingerprint density at radius 1 is 1.32 bits per heavy atom. The van der Waals surface area contributed by atoms with Gasteiger partial charge < -0.3 is 15.4 Å². The summed E-state index contributed by atoms with van der Waals surface area (Å²) in [5.41, 5.74) is 8.16. The Morgan fingerprint density at radius 3 is 2.94 bits per heavy atom. The van der Waals surface area contributed by atoms with Gasteiger partial charge in [-0.1, -0.05) is 26.0 Å². The summed E-state index contributed by atoms with van der Waals surface area (Å²) in [4.78, 5) is 18.6. The van der Waals surface area contributed by atoms with Gasteiger partial charge in [-0.15, -0.1) is 0 Å². The summed E-state index contributed by atoms with van der Waals surface area (Å²) in [5, 5.41) is 0. The third kappa shape index (κ3) is 5.81. The number of hydrogen-bond acceptors (Lipinski definition) is 5. The maximum Gasteiger partial charge on any atom is 0.245 e. The Hall–Kier alpha value is -2.94. The number of carbonyl (C=O) groups excluding carboxylic acids is 1.